The molecule has 13 heavy (non-hydrogen) atoms. The molecule has 0 fully saturated rings. The summed E-state index contributed by atoms with van der Waals surface area (Å²) in [6, 6.07) is 1.99. The highest BCUT2D eigenvalue weighted by Gasteiger charge is 2.10. The molecule has 0 atom stereocenters. The summed E-state index contributed by atoms with van der Waals surface area (Å²) in [7, 11) is 3.34. The first-order valence-electron chi connectivity index (χ1n) is 3.66. The zero-order valence-corrected chi connectivity index (χ0v) is 7.42. The van der Waals surface area contributed by atoms with Crippen molar-refractivity contribution in [3.63, 3.8) is 0 Å². The van der Waals surface area contributed by atoms with Crippen LogP contribution in [0.4, 0.5) is 17.6 Å². The van der Waals surface area contributed by atoms with Crippen LogP contribution in [0.5, 0.6) is 0 Å². The van der Waals surface area contributed by atoms with E-state index in [9.17, 15) is 0 Å². The van der Waals surface area contributed by atoms with E-state index < -0.39 is 0 Å². The first kappa shape index (κ1) is 9.06. The molecule has 0 radical (unpaired) electrons. The molecule has 0 aromatic carbocycles. The van der Waals surface area contributed by atoms with Crippen molar-refractivity contribution in [2.75, 3.05) is 30.5 Å². The highest BCUT2D eigenvalue weighted by atomic mass is 15.1. The zero-order chi connectivity index (χ0) is 9.84. The van der Waals surface area contributed by atoms with Gasteiger partial charge in [0.2, 0.25) is 5.95 Å². The topological polar surface area (TPSA) is 99.7 Å². The number of nitrogens with one attached hydrogen (secondary N) is 2. The van der Waals surface area contributed by atoms with Crippen LogP contribution in [0.2, 0.25) is 0 Å². The fourth-order valence-electron chi connectivity index (χ4n) is 0.946. The number of nitriles is 1. The number of nitrogens with two attached hydrogens (primary N) is 1. The Labute approximate surface area is 75.8 Å². The predicted molar refractivity (Wildman–Crippen MR) is 50.3 cm³/mol. The molecule has 1 heterocycles. The zero-order valence-electron chi connectivity index (χ0n) is 7.42. The smallest absolute Gasteiger partial charge is 0.224 e. The summed E-state index contributed by atoms with van der Waals surface area (Å²) in [5.74, 6) is 0.992. The second-order valence-corrected chi connectivity index (χ2v) is 2.27. The molecule has 6 nitrogen and oxygen atoms in total. The molecule has 0 aliphatic rings. The van der Waals surface area contributed by atoms with Gasteiger partial charge in [-0.15, -0.1) is 0 Å². The maximum absolute atomic E-state index is 8.80. The highest BCUT2D eigenvalue weighted by Crippen LogP contribution is 2.19. The number of anilines is 3. The van der Waals surface area contributed by atoms with E-state index in [2.05, 4.69) is 20.6 Å². The molecule has 0 aliphatic carbocycles. The monoisotopic (exact) mass is 178 g/mol. The van der Waals surface area contributed by atoms with Gasteiger partial charge in [-0.05, 0) is 0 Å². The van der Waals surface area contributed by atoms with E-state index >= 15 is 0 Å². The standard InChI is InChI=1S/C7H10N6/c1-10-5-4(3-8)6(11-2)13-7(9)12-5/h1-2H3,(H4,9,10,11,12,13). The Kier molecular flexibility index (Phi) is 2.50. The third-order valence-corrected chi connectivity index (χ3v) is 1.51. The molecule has 6 heteroatoms. The Balaban J connectivity index is 3.36. The third-order valence-electron chi connectivity index (χ3n) is 1.51. The number of nitrogens with zero attached hydrogens (tertiary/aromatic N) is 3. The Morgan fingerprint density at radius 2 is 1.69 bits per heavy atom. The van der Waals surface area contributed by atoms with Gasteiger partial charge in [0.25, 0.3) is 0 Å². The van der Waals surface area contributed by atoms with Crippen molar-refractivity contribution in [2.45, 2.75) is 0 Å². The van der Waals surface area contributed by atoms with Crippen LogP contribution in [0, 0.1) is 11.3 Å². The molecule has 1 aromatic heterocycles. The molecule has 0 aliphatic heterocycles. The van der Waals surface area contributed by atoms with E-state index in [1.807, 2.05) is 6.07 Å². The normalized spacial score (nSPS) is 9.00. The SMILES string of the molecule is CNc1nc(N)nc(NC)c1C#N. The second-order valence-electron chi connectivity index (χ2n) is 2.27. The lowest BCUT2D eigenvalue weighted by atomic mass is 10.3. The average molecular weight is 178 g/mol. The molecular weight excluding hydrogens is 168 g/mol. The molecule has 1 aromatic rings. The van der Waals surface area contributed by atoms with Crippen molar-refractivity contribution in [3.05, 3.63) is 5.56 Å². The molecule has 68 valence electrons. The van der Waals surface area contributed by atoms with Crippen LogP contribution in [0.15, 0.2) is 0 Å². The van der Waals surface area contributed by atoms with Gasteiger partial charge < -0.3 is 16.4 Å². The number of nitrogen functional groups attached to an aromatic ring is 1. The average Bonchev–Trinajstić information content (AvgIpc) is 2.16. The lowest BCUT2D eigenvalue weighted by Crippen LogP contribution is -2.07. The quantitative estimate of drug-likeness (QED) is 0.590. The molecular formula is C7H10N6. The van der Waals surface area contributed by atoms with Crippen molar-refractivity contribution in [3.8, 4) is 6.07 Å². The first-order valence-corrected chi connectivity index (χ1v) is 3.66. The Morgan fingerprint density at radius 3 is 2.00 bits per heavy atom. The number of aromatic nitrogens is 2. The van der Waals surface area contributed by atoms with Gasteiger partial charge in [0.1, 0.15) is 11.6 Å². The van der Waals surface area contributed by atoms with Crippen LogP contribution in [0.3, 0.4) is 0 Å². The first-order chi connectivity index (χ1) is 6.22. The van der Waals surface area contributed by atoms with E-state index in [0.717, 1.165) is 0 Å². The second kappa shape index (κ2) is 3.58. The summed E-state index contributed by atoms with van der Waals surface area (Å²) in [5, 5.41) is 14.3. The van der Waals surface area contributed by atoms with Gasteiger partial charge in [0.15, 0.2) is 11.6 Å². The van der Waals surface area contributed by atoms with E-state index in [4.69, 9.17) is 11.0 Å². The van der Waals surface area contributed by atoms with Crippen molar-refractivity contribution in [1.29, 1.82) is 5.26 Å². The van der Waals surface area contributed by atoms with Crippen LogP contribution in [-0.2, 0) is 0 Å². The molecule has 0 unspecified atom stereocenters. The van der Waals surface area contributed by atoms with Crippen LogP contribution in [-0.4, -0.2) is 24.1 Å². The fourth-order valence-corrected chi connectivity index (χ4v) is 0.946. The van der Waals surface area contributed by atoms with Crippen LogP contribution < -0.4 is 16.4 Å². The van der Waals surface area contributed by atoms with Gasteiger partial charge in [0.05, 0.1) is 0 Å². The van der Waals surface area contributed by atoms with E-state index in [1.54, 1.807) is 14.1 Å². The fraction of sp³-hybridized carbons (Fsp3) is 0.286. The summed E-state index contributed by atoms with van der Waals surface area (Å²) in [5.41, 5.74) is 5.78. The minimum atomic E-state index is 0.132. The van der Waals surface area contributed by atoms with Crippen LogP contribution in [0.1, 0.15) is 5.56 Å². The molecule has 0 bridgehead atoms. The summed E-state index contributed by atoms with van der Waals surface area (Å²) in [6.45, 7) is 0. The van der Waals surface area contributed by atoms with Crippen molar-refractivity contribution >= 4 is 17.6 Å². The van der Waals surface area contributed by atoms with Crippen molar-refractivity contribution < 1.29 is 0 Å². The molecule has 0 spiro atoms. The largest absolute Gasteiger partial charge is 0.372 e. The number of rotatable bonds is 2. The van der Waals surface area contributed by atoms with Crippen LogP contribution in [0.25, 0.3) is 0 Å². The van der Waals surface area contributed by atoms with E-state index in [1.165, 1.54) is 0 Å². The molecule has 0 saturated heterocycles. The number of hydrogen-bond acceptors (Lipinski definition) is 6. The summed E-state index contributed by atoms with van der Waals surface area (Å²) >= 11 is 0. The maximum atomic E-state index is 8.80. The molecule has 0 saturated carbocycles. The minimum Gasteiger partial charge on any atom is -0.372 e. The summed E-state index contributed by atoms with van der Waals surface area (Å²) < 4.78 is 0. The van der Waals surface area contributed by atoms with Crippen molar-refractivity contribution in [2.24, 2.45) is 0 Å². The third kappa shape index (κ3) is 1.59. The maximum Gasteiger partial charge on any atom is 0.224 e. The van der Waals surface area contributed by atoms with Gasteiger partial charge >= 0.3 is 0 Å². The Morgan fingerprint density at radius 1 is 1.23 bits per heavy atom. The van der Waals surface area contributed by atoms with Gasteiger partial charge in [-0.1, -0.05) is 0 Å². The highest BCUT2D eigenvalue weighted by molar-refractivity contribution is 5.65. The predicted octanol–water partition coefficient (Wildman–Crippen LogP) is 0.0139. The van der Waals surface area contributed by atoms with Crippen LogP contribution >= 0.6 is 0 Å². The Bertz CT molecular complexity index is 327. The van der Waals surface area contributed by atoms with Gasteiger partial charge in [-0.3, -0.25) is 0 Å². The van der Waals surface area contributed by atoms with Crippen molar-refractivity contribution in [1.82, 2.24) is 9.97 Å². The van der Waals surface area contributed by atoms with Gasteiger partial charge in [0, 0.05) is 14.1 Å². The number of hydrogen-bond donors (Lipinski definition) is 3. The Hall–Kier alpha value is -2.03. The molecule has 0 amide bonds. The summed E-state index contributed by atoms with van der Waals surface area (Å²) in [4.78, 5) is 7.73. The minimum absolute atomic E-state index is 0.132. The van der Waals surface area contributed by atoms with E-state index in [-0.39, 0.29) is 5.95 Å². The lowest BCUT2D eigenvalue weighted by Gasteiger charge is -2.07. The van der Waals surface area contributed by atoms with E-state index in [0.29, 0.717) is 17.2 Å². The van der Waals surface area contributed by atoms with Gasteiger partial charge in [-0.2, -0.15) is 15.2 Å². The van der Waals surface area contributed by atoms with Gasteiger partial charge in [-0.25, -0.2) is 0 Å². The molecule has 1 rings (SSSR count). The summed E-state index contributed by atoms with van der Waals surface area (Å²) in [6.07, 6.45) is 0. The lowest BCUT2D eigenvalue weighted by molar-refractivity contribution is 1.15. The molecule has 4 N–H and O–H groups in total.